The number of nitrogens with one attached hydrogen (secondary N) is 1. The van der Waals surface area contributed by atoms with E-state index in [-0.39, 0.29) is 5.41 Å². The summed E-state index contributed by atoms with van der Waals surface area (Å²) in [6.07, 6.45) is 0. The molecule has 1 N–H and O–H groups in total. The standard InChI is InChI=1S/C13H22ClN3/c1-8(13(4,5)6)7-15-12-11(14)16-9(2)10(3)17-12/h8H,7H2,1-6H3,(H,15,17). The van der Waals surface area contributed by atoms with Gasteiger partial charge in [-0.2, -0.15) is 0 Å². The quantitative estimate of drug-likeness (QED) is 0.892. The Morgan fingerprint density at radius 3 is 2.24 bits per heavy atom. The number of halogens is 1. The van der Waals surface area contributed by atoms with Gasteiger partial charge in [0.1, 0.15) is 0 Å². The van der Waals surface area contributed by atoms with Gasteiger partial charge in [-0.05, 0) is 25.2 Å². The van der Waals surface area contributed by atoms with E-state index in [4.69, 9.17) is 11.6 Å². The van der Waals surface area contributed by atoms with Gasteiger partial charge in [0.25, 0.3) is 0 Å². The smallest absolute Gasteiger partial charge is 0.171 e. The number of rotatable bonds is 3. The van der Waals surface area contributed by atoms with Crippen molar-refractivity contribution in [3.63, 3.8) is 0 Å². The number of aromatic nitrogens is 2. The SMILES string of the molecule is Cc1nc(Cl)c(NCC(C)C(C)(C)C)nc1C. The first-order valence-electron chi connectivity index (χ1n) is 5.96. The van der Waals surface area contributed by atoms with Crippen LogP contribution in [0.2, 0.25) is 5.15 Å². The average Bonchev–Trinajstić information content (AvgIpc) is 2.19. The van der Waals surface area contributed by atoms with Crippen LogP contribution < -0.4 is 5.32 Å². The van der Waals surface area contributed by atoms with Crippen molar-refractivity contribution in [2.75, 3.05) is 11.9 Å². The molecule has 0 aliphatic rings. The Labute approximate surface area is 109 Å². The van der Waals surface area contributed by atoms with Crippen LogP contribution in [-0.2, 0) is 0 Å². The Bertz CT molecular complexity index is 396. The highest BCUT2D eigenvalue weighted by atomic mass is 35.5. The maximum absolute atomic E-state index is 6.06. The molecule has 3 nitrogen and oxygen atoms in total. The molecule has 1 aromatic heterocycles. The molecule has 0 amide bonds. The first-order valence-corrected chi connectivity index (χ1v) is 6.34. The molecular formula is C13H22ClN3. The molecule has 1 unspecified atom stereocenters. The van der Waals surface area contributed by atoms with Crippen LogP contribution in [0.4, 0.5) is 5.82 Å². The largest absolute Gasteiger partial charge is 0.367 e. The van der Waals surface area contributed by atoms with Crippen LogP contribution in [0.25, 0.3) is 0 Å². The van der Waals surface area contributed by atoms with E-state index in [0.29, 0.717) is 16.9 Å². The van der Waals surface area contributed by atoms with Gasteiger partial charge in [0.15, 0.2) is 11.0 Å². The van der Waals surface area contributed by atoms with E-state index in [9.17, 15) is 0 Å². The molecule has 0 aliphatic carbocycles. The number of hydrogen-bond donors (Lipinski definition) is 1. The molecule has 17 heavy (non-hydrogen) atoms. The van der Waals surface area contributed by atoms with Crippen molar-refractivity contribution in [2.24, 2.45) is 11.3 Å². The van der Waals surface area contributed by atoms with Crippen molar-refractivity contribution in [2.45, 2.75) is 41.5 Å². The van der Waals surface area contributed by atoms with E-state index in [0.717, 1.165) is 17.9 Å². The average molecular weight is 256 g/mol. The van der Waals surface area contributed by atoms with Crippen molar-refractivity contribution < 1.29 is 0 Å². The summed E-state index contributed by atoms with van der Waals surface area (Å²) in [7, 11) is 0. The van der Waals surface area contributed by atoms with Gasteiger partial charge in [-0.3, -0.25) is 0 Å². The van der Waals surface area contributed by atoms with Crippen LogP contribution in [0.1, 0.15) is 39.1 Å². The van der Waals surface area contributed by atoms with Crippen LogP contribution in [0.5, 0.6) is 0 Å². The second-order valence-corrected chi connectivity index (χ2v) is 6.04. The minimum atomic E-state index is 0.270. The third-order valence-corrected chi connectivity index (χ3v) is 3.58. The van der Waals surface area contributed by atoms with Crippen molar-refractivity contribution >= 4 is 17.4 Å². The van der Waals surface area contributed by atoms with Crippen molar-refractivity contribution in [3.8, 4) is 0 Å². The molecule has 1 aromatic rings. The second kappa shape index (κ2) is 5.21. The Morgan fingerprint density at radius 2 is 1.71 bits per heavy atom. The molecule has 0 saturated heterocycles. The third kappa shape index (κ3) is 3.84. The molecular weight excluding hydrogens is 234 g/mol. The molecule has 0 fully saturated rings. The zero-order chi connectivity index (χ0) is 13.2. The van der Waals surface area contributed by atoms with E-state index >= 15 is 0 Å². The summed E-state index contributed by atoms with van der Waals surface area (Å²) in [5.41, 5.74) is 2.07. The van der Waals surface area contributed by atoms with Crippen LogP contribution in [-0.4, -0.2) is 16.5 Å². The number of nitrogens with zero attached hydrogens (tertiary/aromatic N) is 2. The maximum Gasteiger partial charge on any atom is 0.171 e. The van der Waals surface area contributed by atoms with Crippen molar-refractivity contribution in [3.05, 3.63) is 16.5 Å². The highest BCUT2D eigenvalue weighted by Crippen LogP contribution is 2.26. The number of anilines is 1. The summed E-state index contributed by atoms with van der Waals surface area (Å²) in [6.45, 7) is 13.6. The maximum atomic E-state index is 6.06. The van der Waals surface area contributed by atoms with Gasteiger partial charge in [0.05, 0.1) is 11.4 Å². The Kier molecular flexibility index (Phi) is 4.36. The summed E-state index contributed by atoms with van der Waals surface area (Å²) in [5, 5.41) is 3.73. The molecule has 96 valence electrons. The molecule has 1 rings (SSSR count). The Morgan fingerprint density at radius 1 is 1.18 bits per heavy atom. The molecule has 4 heteroatoms. The lowest BCUT2D eigenvalue weighted by molar-refractivity contribution is 0.274. The molecule has 0 spiro atoms. The van der Waals surface area contributed by atoms with E-state index in [2.05, 4.69) is 43.0 Å². The van der Waals surface area contributed by atoms with Crippen LogP contribution >= 0.6 is 11.6 Å². The molecule has 1 atom stereocenters. The highest BCUT2D eigenvalue weighted by Gasteiger charge is 2.20. The first kappa shape index (κ1) is 14.2. The Balaban J connectivity index is 2.73. The minimum absolute atomic E-state index is 0.270. The zero-order valence-electron chi connectivity index (χ0n) is 11.6. The fraction of sp³-hybridized carbons (Fsp3) is 0.692. The minimum Gasteiger partial charge on any atom is -0.367 e. The van der Waals surface area contributed by atoms with Gasteiger partial charge in [-0.25, -0.2) is 9.97 Å². The summed E-state index contributed by atoms with van der Waals surface area (Å²) >= 11 is 6.06. The summed E-state index contributed by atoms with van der Waals surface area (Å²) in [5.74, 6) is 1.22. The molecule has 0 aliphatic heterocycles. The lowest BCUT2D eigenvalue weighted by Crippen LogP contribution is -2.25. The third-order valence-electron chi connectivity index (χ3n) is 3.32. The predicted molar refractivity (Wildman–Crippen MR) is 73.6 cm³/mol. The number of aryl methyl sites for hydroxylation is 2. The second-order valence-electron chi connectivity index (χ2n) is 5.68. The van der Waals surface area contributed by atoms with Crippen LogP contribution in [0.15, 0.2) is 0 Å². The van der Waals surface area contributed by atoms with E-state index < -0.39 is 0 Å². The van der Waals surface area contributed by atoms with E-state index in [1.807, 2.05) is 13.8 Å². The molecule has 0 radical (unpaired) electrons. The summed E-state index contributed by atoms with van der Waals surface area (Å²) in [6, 6.07) is 0. The van der Waals surface area contributed by atoms with Gasteiger partial charge in [-0.15, -0.1) is 0 Å². The van der Waals surface area contributed by atoms with E-state index in [1.54, 1.807) is 0 Å². The molecule has 0 aromatic carbocycles. The Hall–Kier alpha value is -0.830. The van der Waals surface area contributed by atoms with Crippen molar-refractivity contribution in [1.82, 2.24) is 9.97 Å². The summed E-state index contributed by atoms with van der Waals surface area (Å²) in [4.78, 5) is 8.67. The lowest BCUT2D eigenvalue weighted by atomic mass is 9.82. The molecule has 0 saturated carbocycles. The monoisotopic (exact) mass is 255 g/mol. The lowest BCUT2D eigenvalue weighted by Gasteiger charge is -2.27. The fourth-order valence-corrected chi connectivity index (χ4v) is 1.48. The van der Waals surface area contributed by atoms with Gasteiger partial charge < -0.3 is 5.32 Å². The van der Waals surface area contributed by atoms with Crippen LogP contribution in [0.3, 0.4) is 0 Å². The predicted octanol–water partition coefficient (Wildman–Crippen LogP) is 3.84. The topological polar surface area (TPSA) is 37.8 Å². The van der Waals surface area contributed by atoms with Crippen molar-refractivity contribution in [1.29, 1.82) is 0 Å². The van der Waals surface area contributed by atoms with Gasteiger partial charge in [0, 0.05) is 6.54 Å². The fourth-order valence-electron chi connectivity index (χ4n) is 1.24. The normalized spacial score (nSPS) is 13.6. The molecule has 1 heterocycles. The van der Waals surface area contributed by atoms with Crippen LogP contribution in [0, 0.1) is 25.2 Å². The highest BCUT2D eigenvalue weighted by molar-refractivity contribution is 6.31. The first-order chi connectivity index (χ1) is 7.71. The zero-order valence-corrected chi connectivity index (χ0v) is 12.3. The van der Waals surface area contributed by atoms with Gasteiger partial charge >= 0.3 is 0 Å². The summed E-state index contributed by atoms with van der Waals surface area (Å²) < 4.78 is 0. The van der Waals surface area contributed by atoms with Gasteiger partial charge in [0.2, 0.25) is 0 Å². The van der Waals surface area contributed by atoms with Gasteiger partial charge in [-0.1, -0.05) is 39.3 Å². The number of hydrogen-bond acceptors (Lipinski definition) is 3. The molecule has 0 bridgehead atoms. The van der Waals surface area contributed by atoms with E-state index in [1.165, 1.54) is 0 Å².